The van der Waals surface area contributed by atoms with E-state index in [4.69, 9.17) is 4.74 Å². The van der Waals surface area contributed by atoms with E-state index < -0.39 is 0 Å². The molecule has 0 bridgehead atoms. The van der Waals surface area contributed by atoms with E-state index in [0.717, 1.165) is 5.56 Å². The molecule has 1 aromatic carbocycles. The molecule has 0 aromatic heterocycles. The van der Waals surface area contributed by atoms with Gasteiger partial charge in [-0.3, -0.25) is 9.59 Å². The standard InChI is InChI=1S/C13H18N2O3/c1-3-14-13(17)9-15-12(16)8-10-5-4-6-11(7-10)18-2/h4-7H,3,8-9H2,1-2H3,(H,14,17)(H,15,16). The molecule has 0 saturated heterocycles. The van der Waals surface area contributed by atoms with E-state index >= 15 is 0 Å². The fraction of sp³-hybridized carbons (Fsp3) is 0.385. The molecule has 0 aliphatic rings. The van der Waals surface area contributed by atoms with Crippen molar-refractivity contribution < 1.29 is 14.3 Å². The van der Waals surface area contributed by atoms with Gasteiger partial charge < -0.3 is 15.4 Å². The van der Waals surface area contributed by atoms with Crippen LogP contribution in [0, 0.1) is 0 Å². The fourth-order valence-electron chi connectivity index (χ4n) is 1.47. The van der Waals surface area contributed by atoms with E-state index in [1.807, 2.05) is 25.1 Å². The number of hydrogen-bond donors (Lipinski definition) is 2. The molecule has 1 aromatic rings. The third kappa shape index (κ3) is 4.86. The third-order valence-corrected chi connectivity index (χ3v) is 2.32. The second-order valence-corrected chi connectivity index (χ2v) is 3.76. The molecule has 1 rings (SSSR count). The van der Waals surface area contributed by atoms with Crippen LogP contribution in [0.1, 0.15) is 12.5 Å². The zero-order valence-electron chi connectivity index (χ0n) is 10.7. The van der Waals surface area contributed by atoms with E-state index in [2.05, 4.69) is 10.6 Å². The molecule has 0 atom stereocenters. The van der Waals surface area contributed by atoms with E-state index in [1.165, 1.54) is 0 Å². The van der Waals surface area contributed by atoms with Crippen molar-refractivity contribution >= 4 is 11.8 Å². The molecule has 0 aliphatic carbocycles. The number of nitrogens with one attached hydrogen (secondary N) is 2. The molecule has 2 amide bonds. The van der Waals surface area contributed by atoms with Crippen molar-refractivity contribution in [2.45, 2.75) is 13.3 Å². The van der Waals surface area contributed by atoms with Crippen LogP contribution in [0.2, 0.25) is 0 Å². The van der Waals surface area contributed by atoms with Crippen LogP contribution in [-0.2, 0) is 16.0 Å². The molecular weight excluding hydrogens is 232 g/mol. The maximum absolute atomic E-state index is 11.6. The van der Waals surface area contributed by atoms with Gasteiger partial charge in [-0.2, -0.15) is 0 Å². The predicted molar refractivity (Wildman–Crippen MR) is 68.4 cm³/mol. The van der Waals surface area contributed by atoms with Crippen LogP contribution in [0.3, 0.4) is 0 Å². The summed E-state index contributed by atoms with van der Waals surface area (Å²) in [6.45, 7) is 2.40. The van der Waals surface area contributed by atoms with Crippen molar-refractivity contribution in [3.63, 3.8) is 0 Å². The van der Waals surface area contributed by atoms with Gasteiger partial charge in [0.1, 0.15) is 5.75 Å². The van der Waals surface area contributed by atoms with Gasteiger partial charge in [0.2, 0.25) is 11.8 Å². The maximum atomic E-state index is 11.6. The van der Waals surface area contributed by atoms with Crippen molar-refractivity contribution in [2.24, 2.45) is 0 Å². The average molecular weight is 250 g/mol. The van der Waals surface area contributed by atoms with Gasteiger partial charge in [-0.15, -0.1) is 0 Å². The Hall–Kier alpha value is -2.04. The minimum atomic E-state index is -0.186. The summed E-state index contributed by atoms with van der Waals surface area (Å²) in [5.74, 6) is 0.343. The lowest BCUT2D eigenvalue weighted by molar-refractivity contribution is -0.125. The van der Waals surface area contributed by atoms with Gasteiger partial charge >= 0.3 is 0 Å². The van der Waals surface area contributed by atoms with Gasteiger partial charge in [-0.05, 0) is 24.6 Å². The van der Waals surface area contributed by atoms with E-state index in [-0.39, 0.29) is 24.8 Å². The number of ether oxygens (including phenoxy) is 1. The summed E-state index contributed by atoms with van der Waals surface area (Å²) in [6.07, 6.45) is 0.233. The Morgan fingerprint density at radius 3 is 2.67 bits per heavy atom. The largest absolute Gasteiger partial charge is 0.497 e. The third-order valence-electron chi connectivity index (χ3n) is 2.32. The summed E-state index contributed by atoms with van der Waals surface area (Å²) >= 11 is 0. The summed E-state index contributed by atoms with van der Waals surface area (Å²) in [5, 5.41) is 5.17. The van der Waals surface area contributed by atoms with Crippen molar-refractivity contribution in [1.29, 1.82) is 0 Å². The highest BCUT2D eigenvalue weighted by molar-refractivity contribution is 5.85. The molecule has 5 heteroatoms. The molecule has 0 heterocycles. The van der Waals surface area contributed by atoms with Gasteiger partial charge in [-0.1, -0.05) is 12.1 Å². The second kappa shape index (κ2) is 7.32. The number of carbonyl (C=O) groups is 2. The van der Waals surface area contributed by atoms with Crippen LogP contribution in [0.25, 0.3) is 0 Å². The van der Waals surface area contributed by atoms with Gasteiger partial charge in [0.15, 0.2) is 0 Å². The van der Waals surface area contributed by atoms with E-state index in [1.54, 1.807) is 13.2 Å². The van der Waals surface area contributed by atoms with Crippen LogP contribution >= 0.6 is 0 Å². The molecule has 0 unspecified atom stereocenters. The average Bonchev–Trinajstić information content (AvgIpc) is 2.37. The number of hydrogen-bond acceptors (Lipinski definition) is 3. The first kappa shape index (κ1) is 14.0. The molecule has 0 fully saturated rings. The number of rotatable bonds is 6. The Kier molecular flexibility index (Phi) is 5.70. The quantitative estimate of drug-likeness (QED) is 0.772. The van der Waals surface area contributed by atoms with Crippen LogP contribution in [0.5, 0.6) is 5.75 Å². The lowest BCUT2D eigenvalue weighted by atomic mass is 10.1. The highest BCUT2D eigenvalue weighted by atomic mass is 16.5. The molecule has 0 radical (unpaired) electrons. The van der Waals surface area contributed by atoms with Crippen molar-refractivity contribution in [1.82, 2.24) is 10.6 Å². The molecule has 0 spiro atoms. The molecule has 18 heavy (non-hydrogen) atoms. The maximum Gasteiger partial charge on any atom is 0.239 e. The lowest BCUT2D eigenvalue weighted by Gasteiger charge is -2.06. The van der Waals surface area contributed by atoms with Gasteiger partial charge in [0, 0.05) is 6.54 Å². The Morgan fingerprint density at radius 2 is 2.00 bits per heavy atom. The first-order valence-electron chi connectivity index (χ1n) is 5.82. The molecule has 5 nitrogen and oxygen atoms in total. The Balaban J connectivity index is 2.42. The summed E-state index contributed by atoms with van der Waals surface area (Å²) < 4.78 is 5.07. The molecular formula is C13H18N2O3. The number of benzene rings is 1. The number of methoxy groups -OCH3 is 1. The highest BCUT2D eigenvalue weighted by Crippen LogP contribution is 2.12. The van der Waals surface area contributed by atoms with Crippen molar-refractivity contribution in [3.05, 3.63) is 29.8 Å². The fourth-order valence-corrected chi connectivity index (χ4v) is 1.47. The number of amides is 2. The number of carbonyl (C=O) groups excluding carboxylic acids is 2. The topological polar surface area (TPSA) is 67.4 Å². The van der Waals surface area contributed by atoms with Crippen molar-refractivity contribution in [2.75, 3.05) is 20.2 Å². The van der Waals surface area contributed by atoms with Crippen LogP contribution in [-0.4, -0.2) is 32.0 Å². The van der Waals surface area contributed by atoms with Crippen molar-refractivity contribution in [3.8, 4) is 5.75 Å². The summed E-state index contributed by atoms with van der Waals surface area (Å²) in [5.41, 5.74) is 0.850. The normalized spacial score (nSPS) is 9.67. The Bertz CT molecular complexity index is 418. The Morgan fingerprint density at radius 1 is 1.22 bits per heavy atom. The zero-order chi connectivity index (χ0) is 13.4. The summed E-state index contributed by atoms with van der Waals surface area (Å²) in [7, 11) is 1.58. The number of likely N-dealkylation sites (N-methyl/N-ethyl adjacent to an activating group) is 1. The summed E-state index contributed by atoms with van der Waals surface area (Å²) in [6, 6.07) is 7.28. The predicted octanol–water partition coefficient (Wildman–Crippen LogP) is 0.490. The smallest absolute Gasteiger partial charge is 0.239 e. The van der Waals surface area contributed by atoms with E-state index in [0.29, 0.717) is 12.3 Å². The van der Waals surface area contributed by atoms with Crippen LogP contribution < -0.4 is 15.4 Å². The monoisotopic (exact) mass is 250 g/mol. The van der Waals surface area contributed by atoms with Gasteiger partial charge in [-0.25, -0.2) is 0 Å². The highest BCUT2D eigenvalue weighted by Gasteiger charge is 2.06. The summed E-state index contributed by atoms with van der Waals surface area (Å²) in [4.78, 5) is 22.7. The van der Waals surface area contributed by atoms with E-state index in [9.17, 15) is 9.59 Å². The Labute approximate surface area is 107 Å². The second-order valence-electron chi connectivity index (χ2n) is 3.76. The first-order valence-corrected chi connectivity index (χ1v) is 5.82. The minimum Gasteiger partial charge on any atom is -0.497 e. The lowest BCUT2D eigenvalue weighted by Crippen LogP contribution is -2.37. The van der Waals surface area contributed by atoms with Crippen LogP contribution in [0.4, 0.5) is 0 Å². The van der Waals surface area contributed by atoms with Gasteiger partial charge in [0.25, 0.3) is 0 Å². The first-order chi connectivity index (χ1) is 8.65. The van der Waals surface area contributed by atoms with Gasteiger partial charge in [0.05, 0.1) is 20.1 Å². The molecule has 98 valence electrons. The molecule has 2 N–H and O–H groups in total. The zero-order valence-corrected chi connectivity index (χ0v) is 10.7. The SMILES string of the molecule is CCNC(=O)CNC(=O)Cc1cccc(OC)c1. The molecule has 0 saturated carbocycles. The molecule has 0 aliphatic heterocycles. The minimum absolute atomic E-state index is 0.0106. The van der Waals surface area contributed by atoms with Crippen LogP contribution in [0.15, 0.2) is 24.3 Å².